The van der Waals surface area contributed by atoms with E-state index in [2.05, 4.69) is 16.8 Å². The fourth-order valence-corrected chi connectivity index (χ4v) is 3.80. The molecule has 1 aromatic heterocycles. The number of benzene rings is 1. The topological polar surface area (TPSA) is 45.3 Å². The number of rotatable bonds is 4. The molecule has 22 heavy (non-hydrogen) atoms. The molecule has 0 aliphatic carbocycles. The fourth-order valence-electron chi connectivity index (χ4n) is 2.91. The van der Waals surface area contributed by atoms with Crippen LogP contribution in [0.3, 0.4) is 0 Å². The normalized spacial score (nSPS) is 16.8. The number of H-pyrrole nitrogens is 1. The molecule has 5 heteroatoms. The van der Waals surface area contributed by atoms with Crippen LogP contribution in [0, 0.1) is 5.92 Å². The Labute approximate surface area is 134 Å². The lowest BCUT2D eigenvalue weighted by Crippen LogP contribution is -2.32. The summed E-state index contributed by atoms with van der Waals surface area (Å²) in [6, 6.07) is 7.86. The summed E-state index contributed by atoms with van der Waals surface area (Å²) in [5.41, 5.74) is 1.95. The van der Waals surface area contributed by atoms with E-state index >= 15 is 0 Å². The van der Waals surface area contributed by atoms with Crippen LogP contribution < -0.4 is 9.61 Å². The number of likely N-dealkylation sites (tertiary alicyclic amines) is 1. The number of thiazole rings is 1. The Morgan fingerprint density at radius 2 is 2.14 bits per heavy atom. The van der Waals surface area contributed by atoms with Crippen LogP contribution in [0.4, 0.5) is 0 Å². The van der Waals surface area contributed by atoms with E-state index in [0.29, 0.717) is 0 Å². The van der Waals surface area contributed by atoms with E-state index in [0.717, 1.165) is 47.4 Å². The van der Waals surface area contributed by atoms with Gasteiger partial charge in [-0.2, -0.15) is 0 Å². The lowest BCUT2D eigenvalue weighted by molar-refractivity contribution is 0.187. The van der Waals surface area contributed by atoms with Crippen molar-refractivity contribution in [1.82, 2.24) is 9.88 Å². The second-order valence-corrected chi connectivity index (χ2v) is 7.07. The maximum Gasteiger partial charge on any atom is 0.305 e. The molecule has 0 amide bonds. The number of nitrogens with one attached hydrogen (secondary N) is 1. The van der Waals surface area contributed by atoms with Crippen LogP contribution in [0.25, 0.3) is 11.3 Å². The average Bonchev–Trinajstić information content (AvgIpc) is 2.90. The molecule has 118 valence electrons. The second-order valence-electron chi connectivity index (χ2n) is 6.00. The molecule has 2 aromatic rings. The van der Waals surface area contributed by atoms with Crippen molar-refractivity contribution in [2.24, 2.45) is 5.92 Å². The summed E-state index contributed by atoms with van der Waals surface area (Å²) < 4.78 is 5.29. The number of nitrogens with zero attached hydrogens (tertiary/aromatic N) is 1. The highest BCUT2D eigenvalue weighted by Gasteiger charge is 2.19. The van der Waals surface area contributed by atoms with Crippen LogP contribution in [-0.2, 0) is 6.54 Å². The van der Waals surface area contributed by atoms with Crippen molar-refractivity contribution >= 4 is 11.3 Å². The molecule has 1 fully saturated rings. The van der Waals surface area contributed by atoms with Gasteiger partial charge in [-0.25, -0.2) is 0 Å². The zero-order valence-electron chi connectivity index (χ0n) is 13.1. The van der Waals surface area contributed by atoms with Crippen LogP contribution in [-0.4, -0.2) is 30.1 Å². The molecule has 1 aliphatic heterocycles. The van der Waals surface area contributed by atoms with Crippen molar-refractivity contribution in [1.29, 1.82) is 0 Å². The highest BCUT2D eigenvalue weighted by molar-refractivity contribution is 7.09. The van der Waals surface area contributed by atoms with E-state index in [1.807, 2.05) is 24.3 Å². The van der Waals surface area contributed by atoms with Gasteiger partial charge in [-0.15, -0.1) is 0 Å². The van der Waals surface area contributed by atoms with E-state index in [9.17, 15) is 4.79 Å². The molecule has 1 aromatic carbocycles. The third-order valence-electron chi connectivity index (χ3n) is 4.32. The fraction of sp³-hybridized carbons (Fsp3) is 0.471. The summed E-state index contributed by atoms with van der Waals surface area (Å²) in [4.78, 5) is 18.4. The van der Waals surface area contributed by atoms with Gasteiger partial charge in [0, 0.05) is 17.0 Å². The third-order valence-corrected chi connectivity index (χ3v) is 5.19. The van der Waals surface area contributed by atoms with Crippen molar-refractivity contribution < 1.29 is 4.74 Å². The van der Waals surface area contributed by atoms with Crippen LogP contribution in [0.5, 0.6) is 5.75 Å². The quantitative estimate of drug-likeness (QED) is 0.940. The van der Waals surface area contributed by atoms with Gasteiger partial charge in [-0.05, 0) is 44.0 Å². The van der Waals surface area contributed by atoms with Crippen LogP contribution in [0.2, 0.25) is 0 Å². The Morgan fingerprint density at radius 1 is 1.36 bits per heavy atom. The van der Waals surface area contributed by atoms with Gasteiger partial charge in [0.25, 0.3) is 0 Å². The number of hydrogen-bond acceptors (Lipinski definition) is 4. The minimum atomic E-state index is 0.0122. The molecule has 2 heterocycles. The highest BCUT2D eigenvalue weighted by Crippen LogP contribution is 2.28. The van der Waals surface area contributed by atoms with Gasteiger partial charge < -0.3 is 9.72 Å². The smallest absolute Gasteiger partial charge is 0.305 e. The van der Waals surface area contributed by atoms with Crippen molar-refractivity contribution in [3.63, 3.8) is 0 Å². The van der Waals surface area contributed by atoms with E-state index < -0.39 is 0 Å². The van der Waals surface area contributed by atoms with Gasteiger partial charge in [0.2, 0.25) is 0 Å². The summed E-state index contributed by atoms with van der Waals surface area (Å²) in [7, 11) is 1.66. The van der Waals surface area contributed by atoms with Gasteiger partial charge >= 0.3 is 4.87 Å². The maximum absolute atomic E-state index is 11.8. The number of aromatic amines is 1. The van der Waals surface area contributed by atoms with Gasteiger partial charge in [0.1, 0.15) is 5.75 Å². The Balaban J connectivity index is 1.84. The third kappa shape index (κ3) is 3.42. The molecule has 4 nitrogen and oxygen atoms in total. The number of ether oxygens (including phenoxy) is 1. The average molecular weight is 318 g/mol. The first-order chi connectivity index (χ1) is 10.7. The molecule has 1 saturated heterocycles. The summed E-state index contributed by atoms with van der Waals surface area (Å²) in [5.74, 6) is 1.63. The van der Waals surface area contributed by atoms with Gasteiger partial charge in [0.15, 0.2) is 0 Å². The Bertz CT molecular complexity index is 684. The predicted molar refractivity (Wildman–Crippen MR) is 90.6 cm³/mol. The zero-order valence-corrected chi connectivity index (χ0v) is 13.9. The monoisotopic (exact) mass is 318 g/mol. The van der Waals surface area contributed by atoms with Crippen molar-refractivity contribution in [3.8, 4) is 17.0 Å². The molecule has 0 bridgehead atoms. The van der Waals surface area contributed by atoms with Crippen molar-refractivity contribution in [2.45, 2.75) is 26.3 Å². The lowest BCUT2D eigenvalue weighted by atomic mass is 9.99. The van der Waals surface area contributed by atoms with Crippen molar-refractivity contribution in [2.75, 3.05) is 20.2 Å². The number of piperidine rings is 1. The summed E-state index contributed by atoms with van der Waals surface area (Å²) in [6.07, 6.45) is 2.49. The second kappa shape index (κ2) is 6.67. The SMILES string of the molecule is COc1cccc(-c2[nH]c(=O)sc2CN2CCC(C)CC2)c1. The Kier molecular flexibility index (Phi) is 4.64. The number of aromatic nitrogens is 1. The highest BCUT2D eigenvalue weighted by atomic mass is 32.1. The Morgan fingerprint density at radius 3 is 2.86 bits per heavy atom. The van der Waals surface area contributed by atoms with E-state index in [1.54, 1.807) is 7.11 Å². The Hall–Kier alpha value is -1.59. The predicted octanol–water partition coefficient (Wildman–Crippen LogP) is 3.34. The molecule has 3 rings (SSSR count). The van der Waals surface area contributed by atoms with E-state index in [-0.39, 0.29) is 4.87 Å². The van der Waals surface area contributed by atoms with Crippen LogP contribution >= 0.6 is 11.3 Å². The number of methoxy groups -OCH3 is 1. The van der Waals surface area contributed by atoms with Crippen LogP contribution in [0.1, 0.15) is 24.6 Å². The van der Waals surface area contributed by atoms with Gasteiger partial charge in [0.05, 0.1) is 12.8 Å². The molecule has 0 spiro atoms. The van der Waals surface area contributed by atoms with Gasteiger partial charge in [-0.1, -0.05) is 30.4 Å². The summed E-state index contributed by atoms with van der Waals surface area (Å²) in [6.45, 7) is 5.39. The summed E-state index contributed by atoms with van der Waals surface area (Å²) in [5, 5.41) is 0. The molecule has 1 aliphatic rings. The maximum atomic E-state index is 11.8. The first kappa shape index (κ1) is 15.3. The van der Waals surface area contributed by atoms with E-state index in [1.165, 1.54) is 24.2 Å². The van der Waals surface area contributed by atoms with Gasteiger partial charge in [-0.3, -0.25) is 9.69 Å². The first-order valence-corrected chi connectivity index (χ1v) is 8.56. The lowest BCUT2D eigenvalue weighted by Gasteiger charge is -2.29. The zero-order chi connectivity index (χ0) is 15.5. The molecule has 0 radical (unpaired) electrons. The minimum absolute atomic E-state index is 0.0122. The molecule has 1 N–H and O–H groups in total. The molecular weight excluding hydrogens is 296 g/mol. The largest absolute Gasteiger partial charge is 0.497 e. The first-order valence-electron chi connectivity index (χ1n) is 7.74. The van der Waals surface area contributed by atoms with Crippen molar-refractivity contribution in [3.05, 3.63) is 38.8 Å². The summed E-state index contributed by atoms with van der Waals surface area (Å²) >= 11 is 1.32. The van der Waals surface area contributed by atoms with Crippen LogP contribution in [0.15, 0.2) is 29.1 Å². The molecule has 0 saturated carbocycles. The molecule has 0 atom stereocenters. The standard InChI is InChI=1S/C17H22N2O2S/c1-12-6-8-19(9-7-12)11-15-16(18-17(20)22-15)13-4-3-5-14(10-13)21-2/h3-5,10,12H,6-9,11H2,1-2H3,(H,18,20). The minimum Gasteiger partial charge on any atom is -0.497 e. The molecular formula is C17H22N2O2S. The molecule has 0 unspecified atom stereocenters. The number of hydrogen-bond donors (Lipinski definition) is 1. The van der Waals surface area contributed by atoms with E-state index in [4.69, 9.17) is 4.74 Å².